The topological polar surface area (TPSA) is 44.5 Å². The first kappa shape index (κ1) is 13.4. The standard InChI is InChI=1S/C11H14ClNO2.ClH/c1-7-8(2-3-13)9(12)6-10-11(7)15-5-4-14-10;/h6H,2-5,13H2,1H3;1H. The number of fused-ring (bicyclic) bond motifs is 1. The van der Waals surface area contributed by atoms with E-state index in [4.69, 9.17) is 26.8 Å². The van der Waals surface area contributed by atoms with E-state index in [2.05, 4.69) is 0 Å². The number of hydrogen-bond acceptors (Lipinski definition) is 3. The predicted molar refractivity (Wildman–Crippen MR) is 67.2 cm³/mol. The molecule has 2 rings (SSSR count). The fourth-order valence-corrected chi connectivity index (χ4v) is 2.14. The summed E-state index contributed by atoms with van der Waals surface area (Å²) in [5.74, 6) is 1.55. The molecule has 1 aromatic rings. The summed E-state index contributed by atoms with van der Waals surface area (Å²) in [5.41, 5.74) is 7.65. The zero-order valence-electron chi connectivity index (χ0n) is 9.09. The Labute approximate surface area is 106 Å². The second-order valence-electron chi connectivity index (χ2n) is 3.52. The van der Waals surface area contributed by atoms with Crippen LogP contribution in [0.1, 0.15) is 11.1 Å². The van der Waals surface area contributed by atoms with Gasteiger partial charge >= 0.3 is 0 Å². The molecule has 0 aliphatic carbocycles. The van der Waals surface area contributed by atoms with Crippen LogP contribution in [0.25, 0.3) is 0 Å². The van der Waals surface area contributed by atoms with Crippen LogP contribution in [0.15, 0.2) is 6.07 Å². The molecule has 0 spiro atoms. The van der Waals surface area contributed by atoms with Crippen molar-refractivity contribution >= 4 is 24.0 Å². The lowest BCUT2D eigenvalue weighted by molar-refractivity contribution is 0.170. The maximum Gasteiger partial charge on any atom is 0.164 e. The minimum atomic E-state index is 0. The smallest absolute Gasteiger partial charge is 0.164 e. The minimum absolute atomic E-state index is 0. The maximum absolute atomic E-state index is 6.15. The third kappa shape index (κ3) is 2.37. The van der Waals surface area contributed by atoms with Crippen molar-refractivity contribution in [2.75, 3.05) is 19.8 Å². The summed E-state index contributed by atoms with van der Waals surface area (Å²) in [7, 11) is 0. The van der Waals surface area contributed by atoms with E-state index in [1.54, 1.807) is 0 Å². The molecule has 2 N–H and O–H groups in total. The fourth-order valence-electron chi connectivity index (χ4n) is 1.80. The molecule has 5 heteroatoms. The summed E-state index contributed by atoms with van der Waals surface area (Å²) >= 11 is 6.15. The van der Waals surface area contributed by atoms with Crippen molar-refractivity contribution in [3.05, 3.63) is 22.2 Å². The third-order valence-electron chi connectivity index (χ3n) is 2.54. The Morgan fingerprint density at radius 2 is 2.06 bits per heavy atom. The SMILES string of the molecule is Cc1c(CCN)c(Cl)cc2c1OCCO2.Cl. The van der Waals surface area contributed by atoms with Crippen LogP contribution in [-0.2, 0) is 6.42 Å². The van der Waals surface area contributed by atoms with Gasteiger partial charge in [-0.05, 0) is 31.0 Å². The van der Waals surface area contributed by atoms with Crippen molar-refractivity contribution in [2.24, 2.45) is 5.73 Å². The molecule has 0 saturated heterocycles. The molecule has 16 heavy (non-hydrogen) atoms. The summed E-state index contributed by atoms with van der Waals surface area (Å²) in [6.45, 7) is 3.75. The van der Waals surface area contributed by atoms with Crippen LogP contribution in [0, 0.1) is 6.92 Å². The Morgan fingerprint density at radius 3 is 2.75 bits per heavy atom. The van der Waals surface area contributed by atoms with E-state index in [1.807, 2.05) is 13.0 Å². The van der Waals surface area contributed by atoms with Crippen molar-refractivity contribution in [3.63, 3.8) is 0 Å². The van der Waals surface area contributed by atoms with Crippen molar-refractivity contribution in [3.8, 4) is 11.5 Å². The van der Waals surface area contributed by atoms with E-state index in [0.717, 1.165) is 29.0 Å². The van der Waals surface area contributed by atoms with Crippen LogP contribution >= 0.6 is 24.0 Å². The lowest BCUT2D eigenvalue weighted by atomic mass is 10.0. The second-order valence-corrected chi connectivity index (χ2v) is 3.93. The lowest BCUT2D eigenvalue weighted by Crippen LogP contribution is -2.17. The first-order valence-electron chi connectivity index (χ1n) is 5.01. The number of hydrogen-bond donors (Lipinski definition) is 1. The van der Waals surface area contributed by atoms with Gasteiger partial charge in [0.15, 0.2) is 11.5 Å². The van der Waals surface area contributed by atoms with Gasteiger partial charge in [0, 0.05) is 11.1 Å². The molecule has 1 aliphatic heterocycles. The highest BCUT2D eigenvalue weighted by Gasteiger charge is 2.19. The number of halogens is 2. The van der Waals surface area contributed by atoms with Gasteiger partial charge in [0.1, 0.15) is 13.2 Å². The van der Waals surface area contributed by atoms with Gasteiger partial charge in [-0.1, -0.05) is 11.6 Å². The summed E-state index contributed by atoms with van der Waals surface area (Å²) < 4.78 is 11.0. The zero-order valence-corrected chi connectivity index (χ0v) is 10.7. The molecular formula is C11H15Cl2NO2. The molecule has 0 aromatic heterocycles. The molecule has 0 amide bonds. The van der Waals surface area contributed by atoms with Gasteiger partial charge < -0.3 is 15.2 Å². The van der Waals surface area contributed by atoms with Gasteiger partial charge in [-0.15, -0.1) is 12.4 Å². The monoisotopic (exact) mass is 263 g/mol. The maximum atomic E-state index is 6.15. The Hall–Kier alpha value is -0.640. The van der Waals surface area contributed by atoms with E-state index in [9.17, 15) is 0 Å². The number of rotatable bonds is 2. The number of nitrogens with two attached hydrogens (primary N) is 1. The molecule has 0 unspecified atom stereocenters. The molecular weight excluding hydrogens is 249 g/mol. The van der Waals surface area contributed by atoms with E-state index >= 15 is 0 Å². The van der Waals surface area contributed by atoms with Crippen LogP contribution in [-0.4, -0.2) is 19.8 Å². The predicted octanol–water partition coefficient (Wildman–Crippen LogP) is 2.34. The average Bonchev–Trinajstić information content (AvgIpc) is 2.24. The largest absolute Gasteiger partial charge is 0.486 e. The average molecular weight is 264 g/mol. The van der Waals surface area contributed by atoms with E-state index in [1.165, 1.54) is 0 Å². The molecule has 0 saturated carbocycles. The van der Waals surface area contributed by atoms with Crippen LogP contribution in [0.2, 0.25) is 5.02 Å². The van der Waals surface area contributed by atoms with E-state index in [0.29, 0.717) is 24.8 Å². The van der Waals surface area contributed by atoms with Crippen LogP contribution in [0.4, 0.5) is 0 Å². The lowest BCUT2D eigenvalue weighted by Gasteiger charge is -2.22. The summed E-state index contributed by atoms with van der Waals surface area (Å²) in [6, 6.07) is 1.81. The van der Waals surface area contributed by atoms with E-state index < -0.39 is 0 Å². The first-order valence-corrected chi connectivity index (χ1v) is 5.39. The van der Waals surface area contributed by atoms with Crippen molar-refractivity contribution in [1.82, 2.24) is 0 Å². The first-order chi connectivity index (χ1) is 7.24. The zero-order chi connectivity index (χ0) is 10.8. The van der Waals surface area contributed by atoms with Gasteiger partial charge in [0.2, 0.25) is 0 Å². The summed E-state index contributed by atoms with van der Waals surface area (Å²) in [5, 5.41) is 0.710. The molecule has 0 radical (unpaired) electrons. The third-order valence-corrected chi connectivity index (χ3v) is 2.88. The van der Waals surface area contributed by atoms with Crippen LogP contribution in [0.3, 0.4) is 0 Å². The van der Waals surface area contributed by atoms with Crippen LogP contribution < -0.4 is 15.2 Å². The van der Waals surface area contributed by atoms with Crippen molar-refractivity contribution < 1.29 is 9.47 Å². The van der Waals surface area contributed by atoms with Gasteiger partial charge in [-0.3, -0.25) is 0 Å². The molecule has 90 valence electrons. The summed E-state index contributed by atoms with van der Waals surface area (Å²) in [4.78, 5) is 0. The van der Waals surface area contributed by atoms with Crippen molar-refractivity contribution in [2.45, 2.75) is 13.3 Å². The van der Waals surface area contributed by atoms with Gasteiger partial charge in [0.25, 0.3) is 0 Å². The molecule has 0 atom stereocenters. The normalized spacial score (nSPS) is 13.2. The molecule has 0 fully saturated rings. The highest BCUT2D eigenvalue weighted by atomic mass is 35.5. The number of ether oxygens (including phenoxy) is 2. The van der Waals surface area contributed by atoms with Gasteiger partial charge in [-0.25, -0.2) is 0 Å². The van der Waals surface area contributed by atoms with Gasteiger partial charge in [0.05, 0.1) is 0 Å². The molecule has 0 bridgehead atoms. The van der Waals surface area contributed by atoms with Crippen molar-refractivity contribution in [1.29, 1.82) is 0 Å². The number of benzene rings is 1. The quantitative estimate of drug-likeness (QED) is 0.891. The highest BCUT2D eigenvalue weighted by molar-refractivity contribution is 6.31. The molecule has 1 aromatic carbocycles. The Kier molecular flexibility index (Phi) is 4.71. The Balaban J connectivity index is 0.00000128. The molecule has 1 aliphatic rings. The Morgan fingerprint density at radius 1 is 1.38 bits per heavy atom. The summed E-state index contributed by atoms with van der Waals surface area (Å²) in [6.07, 6.45) is 0.765. The fraction of sp³-hybridized carbons (Fsp3) is 0.455. The minimum Gasteiger partial charge on any atom is -0.486 e. The molecule has 3 nitrogen and oxygen atoms in total. The second kappa shape index (κ2) is 5.62. The van der Waals surface area contributed by atoms with Crippen LogP contribution in [0.5, 0.6) is 11.5 Å². The highest BCUT2D eigenvalue weighted by Crippen LogP contribution is 2.39. The van der Waals surface area contributed by atoms with E-state index in [-0.39, 0.29) is 12.4 Å². The van der Waals surface area contributed by atoms with Gasteiger partial charge in [-0.2, -0.15) is 0 Å². The molecule has 1 heterocycles. The Bertz CT molecular complexity index is 383.